The van der Waals surface area contributed by atoms with Crippen LogP contribution in [0.2, 0.25) is 0 Å². The normalized spacial score (nSPS) is 10.3. The van der Waals surface area contributed by atoms with Crippen LogP contribution in [-0.4, -0.2) is 10.1 Å². The summed E-state index contributed by atoms with van der Waals surface area (Å²) in [6.45, 7) is -0.0751. The van der Waals surface area contributed by atoms with Crippen molar-refractivity contribution in [1.29, 1.82) is 0 Å². The van der Waals surface area contributed by atoms with Crippen molar-refractivity contribution < 1.29 is 14.3 Å². The molecule has 2 heterocycles. The third kappa shape index (κ3) is 2.47. The van der Waals surface area contributed by atoms with Gasteiger partial charge in [0.05, 0.1) is 11.2 Å². The second-order valence-corrected chi connectivity index (χ2v) is 3.72. The van der Waals surface area contributed by atoms with E-state index in [0.717, 1.165) is 5.69 Å². The Morgan fingerprint density at radius 1 is 1.56 bits per heavy atom. The van der Waals surface area contributed by atoms with Gasteiger partial charge in [0.1, 0.15) is 25.2 Å². The highest BCUT2D eigenvalue weighted by Crippen LogP contribution is 2.09. The van der Waals surface area contributed by atoms with E-state index in [-0.39, 0.29) is 30.2 Å². The fraction of sp³-hybridized carbons (Fsp3) is 0.200. The third-order valence-electron chi connectivity index (χ3n) is 1.87. The van der Waals surface area contributed by atoms with Crippen LogP contribution in [0, 0.1) is 0 Å². The number of hydrogen-bond donors (Lipinski definition) is 1. The van der Waals surface area contributed by atoms with E-state index in [4.69, 9.17) is 14.3 Å². The van der Waals surface area contributed by atoms with Crippen LogP contribution in [0.25, 0.3) is 0 Å². The van der Waals surface area contributed by atoms with Crippen LogP contribution >= 0.6 is 11.3 Å². The van der Waals surface area contributed by atoms with Gasteiger partial charge in [-0.25, -0.2) is 4.98 Å². The minimum Gasteiger partial charge on any atom is -0.480 e. The van der Waals surface area contributed by atoms with Crippen molar-refractivity contribution in [2.24, 2.45) is 0 Å². The summed E-state index contributed by atoms with van der Waals surface area (Å²) in [4.78, 5) is 15.5. The lowest BCUT2D eigenvalue weighted by Gasteiger charge is -2.02. The Kier molecular flexibility index (Phi) is 3.33. The number of hydrogen-bond acceptors (Lipinski definition) is 6. The maximum atomic E-state index is 11.4. The molecule has 1 N–H and O–H groups in total. The zero-order valence-electron chi connectivity index (χ0n) is 8.25. The Labute approximate surface area is 95.0 Å². The van der Waals surface area contributed by atoms with Crippen LogP contribution in [0.4, 0.5) is 0 Å². The molecule has 2 rings (SSSR count). The quantitative estimate of drug-likeness (QED) is 0.867. The number of aliphatic hydroxyl groups is 1. The Morgan fingerprint density at radius 2 is 2.44 bits per heavy atom. The molecule has 0 amide bonds. The molecule has 2 aromatic heterocycles. The average Bonchev–Trinajstić information content (AvgIpc) is 2.80. The first-order valence-electron chi connectivity index (χ1n) is 4.52. The van der Waals surface area contributed by atoms with Crippen LogP contribution in [0.15, 0.2) is 32.4 Å². The van der Waals surface area contributed by atoms with Gasteiger partial charge >= 0.3 is 0 Å². The van der Waals surface area contributed by atoms with Crippen LogP contribution < -0.4 is 10.2 Å². The highest BCUT2D eigenvalue weighted by Gasteiger charge is 2.04. The molecule has 0 unspecified atom stereocenters. The monoisotopic (exact) mass is 239 g/mol. The molecule has 0 aliphatic carbocycles. The molecule has 0 bridgehead atoms. The Bertz CT molecular complexity index is 506. The van der Waals surface area contributed by atoms with Gasteiger partial charge in [-0.3, -0.25) is 4.79 Å². The summed E-state index contributed by atoms with van der Waals surface area (Å²) in [5.41, 5.74) is 2.14. The van der Waals surface area contributed by atoms with E-state index < -0.39 is 0 Å². The van der Waals surface area contributed by atoms with Crippen molar-refractivity contribution in [1.82, 2.24) is 4.98 Å². The summed E-state index contributed by atoms with van der Waals surface area (Å²) in [5.74, 6) is 0.330. The molecule has 0 aliphatic heterocycles. The first-order valence-corrected chi connectivity index (χ1v) is 5.46. The van der Waals surface area contributed by atoms with Gasteiger partial charge in [-0.15, -0.1) is 11.3 Å². The van der Waals surface area contributed by atoms with Gasteiger partial charge in [0.25, 0.3) is 0 Å². The molecular formula is C10H9NO4S. The maximum absolute atomic E-state index is 11.4. The SMILES string of the molecule is O=c1cc(CO)occ1OCc1cscn1. The summed E-state index contributed by atoms with van der Waals surface area (Å²) >= 11 is 1.46. The first kappa shape index (κ1) is 10.8. The maximum Gasteiger partial charge on any atom is 0.227 e. The lowest BCUT2D eigenvalue weighted by molar-refractivity contribution is 0.235. The second kappa shape index (κ2) is 4.91. The van der Waals surface area contributed by atoms with Gasteiger partial charge in [-0.1, -0.05) is 0 Å². The number of ether oxygens (including phenoxy) is 1. The molecule has 2 aromatic rings. The lowest BCUT2D eigenvalue weighted by atomic mass is 10.4. The average molecular weight is 239 g/mol. The Hall–Kier alpha value is -1.66. The highest BCUT2D eigenvalue weighted by molar-refractivity contribution is 7.07. The van der Waals surface area contributed by atoms with Crippen LogP contribution in [-0.2, 0) is 13.2 Å². The molecule has 0 spiro atoms. The number of aliphatic hydroxyl groups excluding tert-OH is 1. The van der Waals surface area contributed by atoms with Gasteiger partial charge < -0.3 is 14.3 Å². The van der Waals surface area contributed by atoms with E-state index in [1.165, 1.54) is 23.7 Å². The Morgan fingerprint density at radius 3 is 3.06 bits per heavy atom. The van der Waals surface area contributed by atoms with Gasteiger partial charge in [-0.05, 0) is 0 Å². The summed E-state index contributed by atoms with van der Waals surface area (Å²) in [5, 5.41) is 10.6. The minimum absolute atomic E-state index is 0.116. The predicted octanol–water partition coefficient (Wildman–Crippen LogP) is 1.17. The van der Waals surface area contributed by atoms with Gasteiger partial charge in [0, 0.05) is 11.4 Å². The molecule has 0 radical (unpaired) electrons. The zero-order valence-corrected chi connectivity index (χ0v) is 9.07. The molecule has 0 fully saturated rings. The molecule has 0 saturated carbocycles. The molecule has 16 heavy (non-hydrogen) atoms. The highest BCUT2D eigenvalue weighted by atomic mass is 32.1. The van der Waals surface area contributed by atoms with Gasteiger partial charge in [-0.2, -0.15) is 0 Å². The molecule has 0 aromatic carbocycles. The molecule has 6 heteroatoms. The van der Waals surface area contributed by atoms with Crippen molar-refractivity contribution >= 4 is 11.3 Å². The zero-order chi connectivity index (χ0) is 11.4. The molecule has 0 atom stereocenters. The molecule has 0 aliphatic rings. The lowest BCUT2D eigenvalue weighted by Crippen LogP contribution is -2.08. The molecular weight excluding hydrogens is 230 g/mol. The van der Waals surface area contributed by atoms with Crippen LogP contribution in [0.3, 0.4) is 0 Å². The largest absolute Gasteiger partial charge is 0.480 e. The number of nitrogens with zero attached hydrogens (tertiary/aromatic N) is 1. The predicted molar refractivity (Wildman–Crippen MR) is 57.3 cm³/mol. The summed E-state index contributed by atoms with van der Waals surface area (Å²) in [7, 11) is 0. The molecule has 5 nitrogen and oxygen atoms in total. The van der Waals surface area contributed by atoms with E-state index in [9.17, 15) is 4.79 Å². The van der Waals surface area contributed by atoms with E-state index in [1.54, 1.807) is 5.51 Å². The fourth-order valence-corrected chi connectivity index (χ4v) is 1.63. The van der Waals surface area contributed by atoms with Crippen LogP contribution in [0.1, 0.15) is 11.5 Å². The molecule has 0 saturated heterocycles. The van der Waals surface area contributed by atoms with Crippen molar-refractivity contribution in [2.45, 2.75) is 13.2 Å². The van der Waals surface area contributed by atoms with E-state index >= 15 is 0 Å². The van der Waals surface area contributed by atoms with E-state index in [2.05, 4.69) is 4.98 Å². The van der Waals surface area contributed by atoms with Crippen molar-refractivity contribution in [3.8, 4) is 5.75 Å². The van der Waals surface area contributed by atoms with Crippen molar-refractivity contribution in [2.75, 3.05) is 0 Å². The minimum atomic E-state index is -0.314. The van der Waals surface area contributed by atoms with Crippen molar-refractivity contribution in [3.63, 3.8) is 0 Å². The smallest absolute Gasteiger partial charge is 0.227 e. The third-order valence-corrected chi connectivity index (χ3v) is 2.50. The van der Waals surface area contributed by atoms with Gasteiger partial charge in [0.15, 0.2) is 0 Å². The summed E-state index contributed by atoms with van der Waals surface area (Å²) in [6, 6.07) is 1.20. The second-order valence-electron chi connectivity index (χ2n) is 3.00. The number of thiazole rings is 1. The van der Waals surface area contributed by atoms with E-state index in [0.29, 0.717) is 0 Å². The number of rotatable bonds is 4. The first-order chi connectivity index (χ1) is 7.79. The molecule has 84 valence electrons. The number of aromatic nitrogens is 1. The van der Waals surface area contributed by atoms with E-state index in [1.807, 2.05) is 5.38 Å². The topological polar surface area (TPSA) is 72.6 Å². The van der Waals surface area contributed by atoms with Crippen molar-refractivity contribution in [3.05, 3.63) is 44.9 Å². The van der Waals surface area contributed by atoms with Crippen LogP contribution in [0.5, 0.6) is 5.75 Å². The Balaban J connectivity index is 2.07. The summed E-state index contributed by atoms with van der Waals surface area (Å²) in [6.07, 6.45) is 1.19. The standard InChI is InChI=1S/C10H9NO4S/c12-2-8-1-9(13)10(4-14-8)15-3-7-5-16-6-11-7/h1,4-6,12H,2-3H2. The van der Waals surface area contributed by atoms with Gasteiger partial charge in [0.2, 0.25) is 11.2 Å². The fourth-order valence-electron chi connectivity index (χ4n) is 1.09. The summed E-state index contributed by atoms with van der Waals surface area (Å²) < 4.78 is 10.2.